The highest BCUT2D eigenvalue weighted by Crippen LogP contribution is 2.25. The van der Waals surface area contributed by atoms with Crippen LogP contribution in [0.2, 0.25) is 0 Å². The van der Waals surface area contributed by atoms with Crippen molar-refractivity contribution in [3.63, 3.8) is 0 Å². The molecule has 6 nitrogen and oxygen atoms in total. The first-order valence-corrected chi connectivity index (χ1v) is 5.18. The second-order valence-electron chi connectivity index (χ2n) is 3.74. The standard InChI is InChI=1S/C10H20O6/c1-13-5-7-8(12)10(15-3)9(14-2)6(4-11)16-7/h6-12H,4-5H2,1-3H3. The van der Waals surface area contributed by atoms with E-state index in [9.17, 15) is 10.2 Å². The third-order valence-corrected chi connectivity index (χ3v) is 2.81. The van der Waals surface area contributed by atoms with Crippen LogP contribution in [0.25, 0.3) is 0 Å². The molecular formula is C10H20O6. The van der Waals surface area contributed by atoms with Crippen LogP contribution >= 0.6 is 0 Å². The molecule has 5 atom stereocenters. The molecule has 16 heavy (non-hydrogen) atoms. The summed E-state index contributed by atoms with van der Waals surface area (Å²) < 4.78 is 20.8. The zero-order valence-electron chi connectivity index (χ0n) is 9.83. The molecule has 0 aromatic rings. The Morgan fingerprint density at radius 3 is 2.12 bits per heavy atom. The molecule has 1 saturated heterocycles. The lowest BCUT2D eigenvalue weighted by Gasteiger charge is -2.42. The maximum Gasteiger partial charge on any atom is 0.114 e. The van der Waals surface area contributed by atoms with Gasteiger partial charge in [0.1, 0.15) is 30.5 Å². The largest absolute Gasteiger partial charge is 0.394 e. The highest BCUT2D eigenvalue weighted by Gasteiger charge is 2.45. The Hall–Kier alpha value is -0.240. The van der Waals surface area contributed by atoms with Gasteiger partial charge in [-0.3, -0.25) is 0 Å². The summed E-state index contributed by atoms with van der Waals surface area (Å²) in [6, 6.07) is 0. The average molecular weight is 236 g/mol. The minimum Gasteiger partial charge on any atom is -0.394 e. The van der Waals surface area contributed by atoms with E-state index in [1.54, 1.807) is 0 Å². The maximum absolute atomic E-state index is 9.98. The number of hydrogen-bond donors (Lipinski definition) is 2. The van der Waals surface area contributed by atoms with E-state index in [0.29, 0.717) is 0 Å². The Labute approximate surface area is 95.1 Å². The molecule has 0 aromatic carbocycles. The van der Waals surface area contributed by atoms with Crippen molar-refractivity contribution in [3.05, 3.63) is 0 Å². The highest BCUT2D eigenvalue weighted by atomic mass is 16.6. The Morgan fingerprint density at radius 1 is 1.06 bits per heavy atom. The summed E-state index contributed by atoms with van der Waals surface area (Å²) in [6.45, 7) is 0.0548. The normalized spacial score (nSPS) is 39.9. The molecule has 0 aromatic heterocycles. The summed E-state index contributed by atoms with van der Waals surface area (Å²) in [7, 11) is 4.50. The van der Waals surface area contributed by atoms with Gasteiger partial charge < -0.3 is 29.2 Å². The van der Waals surface area contributed by atoms with Crippen molar-refractivity contribution >= 4 is 0 Å². The monoisotopic (exact) mass is 236 g/mol. The van der Waals surface area contributed by atoms with Gasteiger partial charge in [-0.05, 0) is 0 Å². The van der Waals surface area contributed by atoms with Crippen molar-refractivity contribution < 1.29 is 29.2 Å². The molecule has 0 spiro atoms. The number of rotatable bonds is 5. The predicted octanol–water partition coefficient (Wildman–Crippen LogP) is -1.22. The summed E-state index contributed by atoms with van der Waals surface area (Å²) in [5.74, 6) is 0. The second-order valence-corrected chi connectivity index (χ2v) is 3.74. The van der Waals surface area contributed by atoms with Crippen LogP contribution in [-0.2, 0) is 18.9 Å². The summed E-state index contributed by atoms with van der Waals surface area (Å²) in [4.78, 5) is 0. The van der Waals surface area contributed by atoms with Crippen LogP contribution in [0, 0.1) is 0 Å². The van der Waals surface area contributed by atoms with Gasteiger partial charge in [0, 0.05) is 21.3 Å². The number of methoxy groups -OCH3 is 3. The molecule has 5 unspecified atom stereocenters. The smallest absolute Gasteiger partial charge is 0.114 e. The fourth-order valence-electron chi connectivity index (χ4n) is 2.01. The van der Waals surface area contributed by atoms with Gasteiger partial charge in [-0.15, -0.1) is 0 Å². The van der Waals surface area contributed by atoms with Crippen molar-refractivity contribution in [1.29, 1.82) is 0 Å². The van der Waals surface area contributed by atoms with Crippen molar-refractivity contribution in [1.82, 2.24) is 0 Å². The van der Waals surface area contributed by atoms with E-state index in [0.717, 1.165) is 0 Å². The SMILES string of the molecule is COCC1OC(CO)C(OC)C(OC)C1O. The van der Waals surface area contributed by atoms with E-state index < -0.39 is 30.5 Å². The van der Waals surface area contributed by atoms with Crippen LogP contribution in [-0.4, -0.2) is 75.3 Å². The Kier molecular flexibility index (Phi) is 5.60. The van der Waals surface area contributed by atoms with Crippen LogP contribution in [0.15, 0.2) is 0 Å². The lowest BCUT2D eigenvalue weighted by molar-refractivity contribution is -0.249. The van der Waals surface area contributed by atoms with E-state index in [1.165, 1.54) is 21.3 Å². The fourth-order valence-corrected chi connectivity index (χ4v) is 2.01. The molecule has 2 N–H and O–H groups in total. The molecule has 1 heterocycles. The van der Waals surface area contributed by atoms with Crippen molar-refractivity contribution in [2.24, 2.45) is 0 Å². The molecule has 0 aliphatic carbocycles. The third kappa shape index (κ3) is 2.71. The minimum atomic E-state index is -0.835. The summed E-state index contributed by atoms with van der Waals surface area (Å²) in [6.07, 6.45) is -2.89. The molecule has 1 aliphatic rings. The predicted molar refractivity (Wildman–Crippen MR) is 55.2 cm³/mol. The molecule has 0 saturated carbocycles. The summed E-state index contributed by atoms with van der Waals surface area (Å²) in [5, 5.41) is 19.2. The molecule has 0 radical (unpaired) electrons. The molecule has 96 valence electrons. The quantitative estimate of drug-likeness (QED) is 0.623. The zero-order valence-corrected chi connectivity index (χ0v) is 9.83. The van der Waals surface area contributed by atoms with E-state index in [4.69, 9.17) is 18.9 Å². The van der Waals surface area contributed by atoms with Gasteiger partial charge in [-0.25, -0.2) is 0 Å². The number of hydrogen-bond acceptors (Lipinski definition) is 6. The van der Waals surface area contributed by atoms with E-state index in [1.807, 2.05) is 0 Å². The van der Waals surface area contributed by atoms with Crippen LogP contribution in [0.5, 0.6) is 0 Å². The summed E-state index contributed by atoms with van der Waals surface area (Å²) >= 11 is 0. The third-order valence-electron chi connectivity index (χ3n) is 2.81. The van der Waals surface area contributed by atoms with E-state index >= 15 is 0 Å². The zero-order chi connectivity index (χ0) is 12.1. The lowest BCUT2D eigenvalue weighted by atomic mass is 9.95. The topological polar surface area (TPSA) is 77.4 Å². The Morgan fingerprint density at radius 2 is 1.69 bits per heavy atom. The first-order valence-electron chi connectivity index (χ1n) is 5.18. The first kappa shape index (κ1) is 13.8. The van der Waals surface area contributed by atoms with Crippen LogP contribution < -0.4 is 0 Å². The summed E-state index contributed by atoms with van der Waals surface area (Å²) in [5.41, 5.74) is 0. The molecule has 1 aliphatic heterocycles. The van der Waals surface area contributed by atoms with E-state index in [2.05, 4.69) is 0 Å². The van der Waals surface area contributed by atoms with Gasteiger partial charge in [-0.1, -0.05) is 0 Å². The van der Waals surface area contributed by atoms with Gasteiger partial charge in [0.25, 0.3) is 0 Å². The number of ether oxygens (including phenoxy) is 4. The number of aliphatic hydroxyl groups is 2. The fraction of sp³-hybridized carbons (Fsp3) is 1.00. The van der Waals surface area contributed by atoms with Gasteiger partial charge in [0.2, 0.25) is 0 Å². The maximum atomic E-state index is 9.98. The van der Waals surface area contributed by atoms with Crippen LogP contribution in [0.4, 0.5) is 0 Å². The van der Waals surface area contributed by atoms with Crippen LogP contribution in [0.1, 0.15) is 0 Å². The average Bonchev–Trinajstić information content (AvgIpc) is 2.31. The minimum absolute atomic E-state index is 0.189. The van der Waals surface area contributed by atoms with Gasteiger partial charge in [0.05, 0.1) is 13.2 Å². The molecule has 0 bridgehead atoms. The molecule has 6 heteroatoms. The van der Waals surface area contributed by atoms with Gasteiger partial charge >= 0.3 is 0 Å². The first-order chi connectivity index (χ1) is 7.69. The van der Waals surface area contributed by atoms with Crippen molar-refractivity contribution in [2.45, 2.75) is 30.5 Å². The molecule has 1 fully saturated rings. The van der Waals surface area contributed by atoms with Crippen molar-refractivity contribution in [2.75, 3.05) is 34.5 Å². The Balaban J connectivity index is 2.76. The van der Waals surface area contributed by atoms with Crippen molar-refractivity contribution in [3.8, 4) is 0 Å². The van der Waals surface area contributed by atoms with Gasteiger partial charge in [0.15, 0.2) is 0 Å². The number of aliphatic hydroxyl groups excluding tert-OH is 2. The molecular weight excluding hydrogens is 216 g/mol. The van der Waals surface area contributed by atoms with Gasteiger partial charge in [-0.2, -0.15) is 0 Å². The lowest BCUT2D eigenvalue weighted by Crippen LogP contribution is -2.60. The Bertz CT molecular complexity index is 200. The van der Waals surface area contributed by atoms with Crippen LogP contribution in [0.3, 0.4) is 0 Å². The highest BCUT2D eigenvalue weighted by molar-refractivity contribution is 4.93. The molecule has 1 rings (SSSR count). The van der Waals surface area contributed by atoms with E-state index in [-0.39, 0.29) is 13.2 Å². The molecule has 0 amide bonds. The second kappa shape index (κ2) is 6.48.